The Hall–Kier alpha value is -2.37. The average Bonchev–Trinajstić information content (AvgIpc) is 2.81. The lowest BCUT2D eigenvalue weighted by Gasteiger charge is -2.06. The second kappa shape index (κ2) is 3.79. The van der Waals surface area contributed by atoms with Gasteiger partial charge >= 0.3 is 0 Å². The third kappa shape index (κ3) is 1.64. The standard InChI is InChI=1S/C9H9N5O/c10-9(13-15)7-3-1-2-4-8(7)14-6-11-5-12-14/h1-6,15H,(H2,10,13). The number of hydrogen-bond donors (Lipinski definition) is 2. The van der Waals surface area contributed by atoms with Crippen LogP contribution in [0, 0.1) is 0 Å². The predicted octanol–water partition coefficient (Wildman–Crippen LogP) is 0.362. The van der Waals surface area contributed by atoms with E-state index < -0.39 is 0 Å². The number of benzene rings is 1. The summed E-state index contributed by atoms with van der Waals surface area (Å²) in [5.41, 5.74) is 6.86. The minimum absolute atomic E-state index is 0.0427. The summed E-state index contributed by atoms with van der Waals surface area (Å²) >= 11 is 0. The van der Waals surface area contributed by atoms with Crippen LogP contribution in [0.1, 0.15) is 5.56 Å². The number of rotatable bonds is 2. The SMILES string of the molecule is N/C(=N\O)c1ccccc1-n1cncn1. The molecule has 0 bridgehead atoms. The molecule has 1 aromatic carbocycles. The molecule has 3 N–H and O–H groups in total. The molecule has 6 nitrogen and oxygen atoms in total. The molecule has 2 rings (SSSR count). The van der Waals surface area contributed by atoms with Crippen LogP contribution in [0.15, 0.2) is 42.1 Å². The molecular weight excluding hydrogens is 194 g/mol. The van der Waals surface area contributed by atoms with Crippen molar-refractivity contribution in [2.24, 2.45) is 10.9 Å². The van der Waals surface area contributed by atoms with Crippen LogP contribution < -0.4 is 5.73 Å². The van der Waals surface area contributed by atoms with Gasteiger partial charge in [0.1, 0.15) is 12.7 Å². The quantitative estimate of drug-likeness (QED) is 0.319. The van der Waals surface area contributed by atoms with Crippen molar-refractivity contribution in [3.63, 3.8) is 0 Å². The third-order valence-electron chi connectivity index (χ3n) is 1.95. The molecule has 0 aliphatic heterocycles. The minimum Gasteiger partial charge on any atom is -0.409 e. The van der Waals surface area contributed by atoms with Crippen LogP contribution in [0.3, 0.4) is 0 Å². The molecule has 0 spiro atoms. The van der Waals surface area contributed by atoms with Crippen LogP contribution in [-0.4, -0.2) is 25.8 Å². The number of hydrogen-bond acceptors (Lipinski definition) is 4. The van der Waals surface area contributed by atoms with Gasteiger partial charge in [0.05, 0.1) is 5.69 Å². The highest BCUT2D eigenvalue weighted by molar-refractivity contribution is 6.00. The Morgan fingerprint density at radius 1 is 1.40 bits per heavy atom. The van der Waals surface area contributed by atoms with Gasteiger partial charge in [-0.15, -0.1) is 0 Å². The Morgan fingerprint density at radius 3 is 2.87 bits per heavy atom. The van der Waals surface area contributed by atoms with Gasteiger partial charge in [-0.1, -0.05) is 17.3 Å². The molecular formula is C9H9N5O. The van der Waals surface area contributed by atoms with Crippen molar-refractivity contribution >= 4 is 5.84 Å². The molecule has 0 saturated heterocycles. The molecule has 0 fully saturated rings. The second-order valence-electron chi connectivity index (χ2n) is 2.84. The maximum absolute atomic E-state index is 8.63. The van der Waals surface area contributed by atoms with Crippen molar-refractivity contribution in [2.75, 3.05) is 0 Å². The number of oxime groups is 1. The lowest BCUT2D eigenvalue weighted by molar-refractivity contribution is 0.318. The lowest BCUT2D eigenvalue weighted by Crippen LogP contribution is -2.16. The van der Waals surface area contributed by atoms with E-state index in [1.165, 1.54) is 6.33 Å². The molecule has 15 heavy (non-hydrogen) atoms. The molecule has 1 aromatic heterocycles. The van der Waals surface area contributed by atoms with Crippen molar-refractivity contribution in [1.29, 1.82) is 0 Å². The summed E-state index contributed by atoms with van der Waals surface area (Å²) in [6.45, 7) is 0. The van der Waals surface area contributed by atoms with Crippen molar-refractivity contribution in [1.82, 2.24) is 14.8 Å². The fraction of sp³-hybridized carbons (Fsp3) is 0. The van der Waals surface area contributed by atoms with Gasteiger partial charge in [-0.3, -0.25) is 0 Å². The number of amidine groups is 1. The summed E-state index contributed by atoms with van der Waals surface area (Å²) in [5, 5.41) is 15.6. The van der Waals surface area contributed by atoms with Crippen LogP contribution in [-0.2, 0) is 0 Å². The topological polar surface area (TPSA) is 89.3 Å². The van der Waals surface area contributed by atoms with Crippen LogP contribution in [0.4, 0.5) is 0 Å². The summed E-state index contributed by atoms with van der Waals surface area (Å²) in [6, 6.07) is 7.19. The lowest BCUT2D eigenvalue weighted by atomic mass is 10.1. The van der Waals surface area contributed by atoms with Crippen molar-refractivity contribution in [2.45, 2.75) is 0 Å². The van der Waals surface area contributed by atoms with Crippen LogP contribution in [0.25, 0.3) is 5.69 Å². The van der Waals surface area contributed by atoms with E-state index in [9.17, 15) is 0 Å². The highest BCUT2D eigenvalue weighted by Gasteiger charge is 2.07. The Labute approximate surface area is 85.7 Å². The predicted molar refractivity (Wildman–Crippen MR) is 53.9 cm³/mol. The zero-order valence-corrected chi connectivity index (χ0v) is 7.78. The summed E-state index contributed by atoms with van der Waals surface area (Å²) in [7, 11) is 0. The molecule has 0 atom stereocenters. The largest absolute Gasteiger partial charge is 0.409 e. The second-order valence-corrected chi connectivity index (χ2v) is 2.84. The Morgan fingerprint density at radius 2 is 2.20 bits per heavy atom. The first kappa shape index (κ1) is 9.20. The van der Waals surface area contributed by atoms with Gasteiger partial charge in [-0.05, 0) is 12.1 Å². The van der Waals surface area contributed by atoms with E-state index in [4.69, 9.17) is 10.9 Å². The first-order chi connectivity index (χ1) is 7.33. The van der Waals surface area contributed by atoms with Gasteiger partial charge in [0.2, 0.25) is 0 Å². The first-order valence-corrected chi connectivity index (χ1v) is 4.25. The number of nitrogens with two attached hydrogens (primary N) is 1. The first-order valence-electron chi connectivity index (χ1n) is 4.25. The maximum atomic E-state index is 8.63. The monoisotopic (exact) mass is 203 g/mol. The summed E-state index contributed by atoms with van der Waals surface area (Å²) in [6.07, 6.45) is 2.96. The van der Waals surface area contributed by atoms with E-state index in [1.807, 2.05) is 12.1 Å². The van der Waals surface area contributed by atoms with Gasteiger partial charge < -0.3 is 10.9 Å². The summed E-state index contributed by atoms with van der Waals surface area (Å²) in [4.78, 5) is 3.83. The number of nitrogens with zero attached hydrogens (tertiary/aromatic N) is 4. The van der Waals surface area contributed by atoms with E-state index in [0.717, 1.165) is 0 Å². The van der Waals surface area contributed by atoms with Crippen molar-refractivity contribution < 1.29 is 5.21 Å². The van der Waals surface area contributed by atoms with Crippen LogP contribution in [0.2, 0.25) is 0 Å². The van der Waals surface area contributed by atoms with E-state index >= 15 is 0 Å². The highest BCUT2D eigenvalue weighted by Crippen LogP contribution is 2.12. The molecule has 0 aliphatic rings. The zero-order valence-electron chi connectivity index (χ0n) is 7.78. The number of para-hydroxylation sites is 1. The van der Waals surface area contributed by atoms with Crippen LogP contribution in [0.5, 0.6) is 0 Å². The number of aromatic nitrogens is 3. The molecule has 2 aromatic rings. The van der Waals surface area contributed by atoms with Gasteiger partial charge in [0.25, 0.3) is 0 Å². The third-order valence-corrected chi connectivity index (χ3v) is 1.95. The molecule has 76 valence electrons. The van der Waals surface area contributed by atoms with Crippen LogP contribution >= 0.6 is 0 Å². The van der Waals surface area contributed by atoms with E-state index in [0.29, 0.717) is 11.3 Å². The molecule has 1 heterocycles. The molecule has 0 saturated carbocycles. The Balaban J connectivity index is 2.57. The minimum atomic E-state index is 0.0427. The summed E-state index contributed by atoms with van der Waals surface area (Å²) < 4.78 is 1.55. The molecule has 0 aliphatic carbocycles. The summed E-state index contributed by atoms with van der Waals surface area (Å²) in [5.74, 6) is 0.0427. The fourth-order valence-corrected chi connectivity index (χ4v) is 1.28. The average molecular weight is 203 g/mol. The van der Waals surface area contributed by atoms with Crippen molar-refractivity contribution in [3.8, 4) is 5.69 Å². The van der Waals surface area contributed by atoms with E-state index in [1.54, 1.807) is 23.1 Å². The van der Waals surface area contributed by atoms with Gasteiger partial charge in [-0.2, -0.15) is 5.10 Å². The zero-order chi connectivity index (χ0) is 10.7. The van der Waals surface area contributed by atoms with Gasteiger partial charge in [0, 0.05) is 5.56 Å². The van der Waals surface area contributed by atoms with Gasteiger partial charge in [0.15, 0.2) is 5.84 Å². The van der Waals surface area contributed by atoms with Gasteiger partial charge in [-0.25, -0.2) is 9.67 Å². The Bertz CT molecular complexity index is 477. The Kier molecular flexibility index (Phi) is 2.32. The van der Waals surface area contributed by atoms with Crippen molar-refractivity contribution in [3.05, 3.63) is 42.5 Å². The normalized spacial score (nSPS) is 11.6. The highest BCUT2D eigenvalue weighted by atomic mass is 16.4. The smallest absolute Gasteiger partial charge is 0.172 e. The molecule has 6 heteroatoms. The molecule has 0 unspecified atom stereocenters. The van der Waals surface area contributed by atoms with E-state index in [-0.39, 0.29) is 5.84 Å². The maximum Gasteiger partial charge on any atom is 0.172 e. The fourth-order valence-electron chi connectivity index (χ4n) is 1.28. The molecule has 0 amide bonds. The van der Waals surface area contributed by atoms with E-state index in [2.05, 4.69) is 15.2 Å². The molecule has 0 radical (unpaired) electrons.